The minimum Gasteiger partial charge on any atom is -0.371 e. The summed E-state index contributed by atoms with van der Waals surface area (Å²) in [5.41, 5.74) is 3.53. The average Bonchev–Trinajstić information content (AvgIpc) is 3.30. The molecule has 1 fully saturated rings. The third-order valence-corrected chi connectivity index (χ3v) is 4.90. The van der Waals surface area contributed by atoms with Crippen LogP contribution in [0.25, 0.3) is 0 Å². The molecule has 23 heavy (non-hydrogen) atoms. The molecule has 2 aromatic rings. The number of amides is 1. The lowest BCUT2D eigenvalue weighted by Gasteiger charge is -2.24. The Labute approximate surface area is 135 Å². The first kappa shape index (κ1) is 14.5. The molecule has 0 bridgehead atoms. The van der Waals surface area contributed by atoms with E-state index in [9.17, 15) is 4.79 Å². The topological polar surface area (TPSA) is 47.4 Å². The summed E-state index contributed by atoms with van der Waals surface area (Å²) in [6, 6.07) is 10.3. The van der Waals surface area contributed by atoms with Crippen molar-refractivity contribution in [1.82, 2.24) is 14.7 Å². The van der Waals surface area contributed by atoms with E-state index in [4.69, 9.17) is 4.74 Å². The maximum atomic E-state index is 13.0. The summed E-state index contributed by atoms with van der Waals surface area (Å²) >= 11 is 0. The van der Waals surface area contributed by atoms with Crippen LogP contribution in [-0.2, 0) is 29.2 Å². The van der Waals surface area contributed by atoms with Crippen LogP contribution in [0.15, 0.2) is 36.5 Å². The standard InChI is InChI=1S/C18H21N3O2/c1-2-21-16(7-9-19-21)17-15(8-10-23-17)18(22)20-11-13-5-3-4-6-14(13)12-20/h3-7,9,15,17H,2,8,10-12H2,1H3/t15-,17-/m1/s1. The van der Waals surface area contributed by atoms with Gasteiger partial charge in [-0.15, -0.1) is 0 Å². The fourth-order valence-corrected chi connectivity index (χ4v) is 3.71. The van der Waals surface area contributed by atoms with Crippen LogP contribution < -0.4 is 0 Å². The minimum absolute atomic E-state index is 0.105. The number of rotatable bonds is 3. The Morgan fingerprint density at radius 1 is 1.26 bits per heavy atom. The van der Waals surface area contributed by atoms with Crippen LogP contribution in [0.5, 0.6) is 0 Å². The third-order valence-electron chi connectivity index (χ3n) is 4.90. The van der Waals surface area contributed by atoms with Crippen LogP contribution in [-0.4, -0.2) is 27.2 Å². The average molecular weight is 311 g/mol. The van der Waals surface area contributed by atoms with Crippen molar-refractivity contribution in [1.29, 1.82) is 0 Å². The van der Waals surface area contributed by atoms with Crippen LogP contribution in [0.4, 0.5) is 0 Å². The van der Waals surface area contributed by atoms with Crippen molar-refractivity contribution in [3.63, 3.8) is 0 Å². The van der Waals surface area contributed by atoms with Crippen molar-refractivity contribution >= 4 is 5.91 Å². The van der Waals surface area contributed by atoms with Crippen molar-refractivity contribution in [2.75, 3.05) is 6.61 Å². The molecular formula is C18H21N3O2. The van der Waals surface area contributed by atoms with Crippen LogP contribution in [0, 0.1) is 5.92 Å². The number of ether oxygens (including phenoxy) is 1. The second-order valence-corrected chi connectivity index (χ2v) is 6.22. The Hall–Kier alpha value is -2.14. The Kier molecular flexibility index (Phi) is 3.65. The number of fused-ring (bicyclic) bond motifs is 1. The predicted octanol–water partition coefficient (Wildman–Crippen LogP) is 2.52. The van der Waals surface area contributed by atoms with Gasteiger partial charge in [-0.3, -0.25) is 9.48 Å². The summed E-state index contributed by atoms with van der Waals surface area (Å²) in [5, 5.41) is 4.31. The lowest BCUT2D eigenvalue weighted by Crippen LogP contribution is -2.34. The Balaban J connectivity index is 1.54. The van der Waals surface area contributed by atoms with Gasteiger partial charge in [-0.1, -0.05) is 24.3 Å². The molecule has 5 heteroatoms. The van der Waals surface area contributed by atoms with Gasteiger partial charge in [0.1, 0.15) is 6.10 Å². The molecule has 1 amide bonds. The molecule has 1 aromatic heterocycles. The number of carbonyl (C=O) groups is 1. The highest BCUT2D eigenvalue weighted by Crippen LogP contribution is 2.37. The SMILES string of the molecule is CCn1nccc1[C@@H]1OCC[C@H]1C(=O)N1Cc2ccccc2C1. The fraction of sp³-hybridized carbons (Fsp3) is 0.444. The lowest BCUT2D eigenvalue weighted by atomic mass is 9.97. The summed E-state index contributed by atoms with van der Waals surface area (Å²) in [6.45, 7) is 4.91. The largest absolute Gasteiger partial charge is 0.371 e. The quantitative estimate of drug-likeness (QED) is 0.875. The van der Waals surface area contributed by atoms with Gasteiger partial charge in [0.2, 0.25) is 5.91 Å². The molecule has 2 aliphatic heterocycles. The maximum Gasteiger partial charge on any atom is 0.229 e. The number of aromatic nitrogens is 2. The molecule has 120 valence electrons. The van der Waals surface area contributed by atoms with Crippen LogP contribution in [0.3, 0.4) is 0 Å². The molecule has 0 saturated carbocycles. The maximum absolute atomic E-state index is 13.0. The number of hydrogen-bond donors (Lipinski definition) is 0. The predicted molar refractivity (Wildman–Crippen MR) is 85.4 cm³/mol. The van der Waals surface area contributed by atoms with Gasteiger partial charge >= 0.3 is 0 Å². The van der Waals surface area contributed by atoms with Crippen molar-refractivity contribution in [3.8, 4) is 0 Å². The van der Waals surface area contributed by atoms with E-state index < -0.39 is 0 Å². The molecule has 0 N–H and O–H groups in total. The van der Waals surface area contributed by atoms with Crippen LogP contribution >= 0.6 is 0 Å². The smallest absolute Gasteiger partial charge is 0.229 e. The van der Waals surface area contributed by atoms with Crippen molar-refractivity contribution in [2.45, 2.75) is 39.1 Å². The highest BCUT2D eigenvalue weighted by Gasteiger charge is 2.40. The van der Waals surface area contributed by atoms with E-state index in [-0.39, 0.29) is 17.9 Å². The molecule has 1 aromatic carbocycles. The highest BCUT2D eigenvalue weighted by molar-refractivity contribution is 5.80. The van der Waals surface area contributed by atoms with E-state index in [0.717, 1.165) is 18.7 Å². The molecule has 0 aliphatic carbocycles. The molecule has 3 heterocycles. The lowest BCUT2D eigenvalue weighted by molar-refractivity contribution is -0.138. The molecule has 2 aliphatic rings. The fourth-order valence-electron chi connectivity index (χ4n) is 3.71. The Bertz CT molecular complexity index is 700. The number of nitrogens with zero attached hydrogens (tertiary/aromatic N) is 3. The molecule has 5 nitrogen and oxygen atoms in total. The first-order valence-electron chi connectivity index (χ1n) is 8.27. The molecule has 4 rings (SSSR count). The summed E-state index contributed by atoms with van der Waals surface area (Å²) in [5.74, 6) is 0.0962. The zero-order valence-corrected chi connectivity index (χ0v) is 13.3. The van der Waals surface area contributed by atoms with Gasteiger partial charge in [-0.25, -0.2) is 0 Å². The van der Waals surface area contributed by atoms with Gasteiger partial charge in [0.15, 0.2) is 0 Å². The number of hydrogen-bond acceptors (Lipinski definition) is 3. The number of aryl methyl sites for hydroxylation is 1. The molecular weight excluding hydrogens is 290 g/mol. The van der Waals surface area contributed by atoms with E-state index in [1.807, 2.05) is 27.8 Å². The van der Waals surface area contributed by atoms with Gasteiger partial charge in [0, 0.05) is 32.4 Å². The van der Waals surface area contributed by atoms with Gasteiger partial charge in [-0.2, -0.15) is 5.10 Å². The van der Waals surface area contributed by atoms with E-state index in [1.54, 1.807) is 6.20 Å². The first-order chi connectivity index (χ1) is 11.3. The van der Waals surface area contributed by atoms with Crippen molar-refractivity contribution in [2.24, 2.45) is 5.92 Å². The van der Waals surface area contributed by atoms with E-state index in [2.05, 4.69) is 24.2 Å². The van der Waals surface area contributed by atoms with Crippen LogP contribution in [0.1, 0.15) is 36.3 Å². The van der Waals surface area contributed by atoms with Gasteiger partial charge in [0.05, 0.1) is 11.6 Å². The highest BCUT2D eigenvalue weighted by atomic mass is 16.5. The zero-order valence-electron chi connectivity index (χ0n) is 13.3. The first-order valence-corrected chi connectivity index (χ1v) is 8.27. The second-order valence-electron chi connectivity index (χ2n) is 6.22. The van der Waals surface area contributed by atoms with E-state index in [0.29, 0.717) is 19.7 Å². The minimum atomic E-state index is -0.173. The molecule has 2 atom stereocenters. The Morgan fingerprint density at radius 3 is 2.70 bits per heavy atom. The van der Waals surface area contributed by atoms with E-state index in [1.165, 1.54) is 11.1 Å². The molecule has 0 spiro atoms. The summed E-state index contributed by atoms with van der Waals surface area (Å²) < 4.78 is 7.83. The molecule has 0 radical (unpaired) electrons. The number of carbonyl (C=O) groups excluding carboxylic acids is 1. The summed E-state index contributed by atoms with van der Waals surface area (Å²) in [7, 11) is 0. The van der Waals surface area contributed by atoms with Gasteiger partial charge < -0.3 is 9.64 Å². The summed E-state index contributed by atoms with van der Waals surface area (Å²) in [4.78, 5) is 15.0. The number of benzene rings is 1. The molecule has 1 saturated heterocycles. The Morgan fingerprint density at radius 2 is 2.00 bits per heavy atom. The van der Waals surface area contributed by atoms with Gasteiger partial charge in [-0.05, 0) is 30.5 Å². The van der Waals surface area contributed by atoms with Gasteiger partial charge in [0.25, 0.3) is 0 Å². The van der Waals surface area contributed by atoms with Crippen molar-refractivity contribution in [3.05, 3.63) is 53.3 Å². The zero-order chi connectivity index (χ0) is 15.8. The summed E-state index contributed by atoms with van der Waals surface area (Å²) in [6.07, 6.45) is 2.40. The second kappa shape index (κ2) is 5.81. The monoisotopic (exact) mass is 311 g/mol. The normalized spacial score (nSPS) is 23.3. The van der Waals surface area contributed by atoms with E-state index >= 15 is 0 Å². The molecule has 0 unspecified atom stereocenters. The third kappa shape index (κ3) is 2.45. The van der Waals surface area contributed by atoms with Crippen LogP contribution in [0.2, 0.25) is 0 Å². The van der Waals surface area contributed by atoms with Crippen molar-refractivity contribution < 1.29 is 9.53 Å².